The quantitative estimate of drug-likeness (QED) is 0.549. The molecule has 29 heavy (non-hydrogen) atoms. The molecule has 0 aliphatic heterocycles. The minimum atomic E-state index is -1.06. The molecule has 5 heteroatoms. The zero-order chi connectivity index (χ0) is 20.7. The third-order valence-corrected chi connectivity index (χ3v) is 6.31. The van der Waals surface area contributed by atoms with Gasteiger partial charge in [0.2, 0.25) is 5.91 Å². The Hall–Kier alpha value is -3.05. The molecule has 3 rings (SSSR count). The number of nitrogens with one attached hydrogen (secondary N) is 1. The van der Waals surface area contributed by atoms with Gasteiger partial charge in [-0.1, -0.05) is 91.0 Å². The number of thioether (sulfide) groups is 1. The maximum Gasteiger partial charge on any atom is 0.322 e. The topological polar surface area (TPSA) is 66.4 Å². The molecule has 3 aromatic carbocycles. The summed E-state index contributed by atoms with van der Waals surface area (Å²) in [7, 11) is 0. The summed E-state index contributed by atoms with van der Waals surface area (Å²) in [6.45, 7) is 1.42. The summed E-state index contributed by atoms with van der Waals surface area (Å²) in [5.41, 5.74) is 3.17. The molecule has 0 heterocycles. The number of rotatable bonds is 8. The Balaban J connectivity index is 2.12. The van der Waals surface area contributed by atoms with E-state index in [0.717, 1.165) is 16.7 Å². The smallest absolute Gasteiger partial charge is 0.322 e. The summed E-state index contributed by atoms with van der Waals surface area (Å²) in [4.78, 5) is 23.5. The normalized spacial score (nSPS) is 12.2. The number of carbonyl (C=O) groups is 2. The molecular weight excluding hydrogens is 382 g/mol. The summed E-state index contributed by atoms with van der Waals surface area (Å²) in [5.74, 6) is -1.36. The third-order valence-electron chi connectivity index (χ3n) is 4.68. The van der Waals surface area contributed by atoms with Crippen molar-refractivity contribution in [3.8, 4) is 0 Å². The lowest BCUT2D eigenvalue weighted by Crippen LogP contribution is -2.38. The zero-order valence-electron chi connectivity index (χ0n) is 16.1. The van der Waals surface area contributed by atoms with Crippen molar-refractivity contribution in [1.29, 1.82) is 0 Å². The largest absolute Gasteiger partial charge is 0.480 e. The summed E-state index contributed by atoms with van der Waals surface area (Å²) in [6.07, 6.45) is 0. The van der Waals surface area contributed by atoms with Gasteiger partial charge < -0.3 is 10.4 Å². The average molecular weight is 406 g/mol. The van der Waals surface area contributed by atoms with Crippen LogP contribution in [0.1, 0.15) is 23.6 Å². The highest BCUT2D eigenvalue weighted by Crippen LogP contribution is 2.50. The van der Waals surface area contributed by atoms with E-state index >= 15 is 0 Å². The zero-order valence-corrected chi connectivity index (χ0v) is 16.9. The van der Waals surface area contributed by atoms with E-state index in [0.29, 0.717) is 0 Å². The Morgan fingerprint density at radius 1 is 0.828 bits per heavy atom. The SMILES string of the molecule is CC(SC(c1ccccc1)(c1ccccc1)c1ccccc1)C(=O)NCC(=O)O. The number of carbonyl (C=O) groups excluding carboxylic acids is 1. The first-order chi connectivity index (χ1) is 14.0. The second-order valence-corrected chi connectivity index (χ2v) is 8.21. The molecule has 4 nitrogen and oxygen atoms in total. The van der Waals surface area contributed by atoms with Crippen molar-refractivity contribution < 1.29 is 14.7 Å². The van der Waals surface area contributed by atoms with Crippen molar-refractivity contribution in [3.05, 3.63) is 108 Å². The van der Waals surface area contributed by atoms with Gasteiger partial charge in [-0.2, -0.15) is 0 Å². The fourth-order valence-electron chi connectivity index (χ4n) is 3.35. The Morgan fingerprint density at radius 2 is 1.21 bits per heavy atom. The number of benzene rings is 3. The van der Waals surface area contributed by atoms with Crippen molar-refractivity contribution in [1.82, 2.24) is 5.32 Å². The lowest BCUT2D eigenvalue weighted by atomic mass is 9.84. The molecule has 0 saturated carbocycles. The molecule has 1 amide bonds. The lowest BCUT2D eigenvalue weighted by molar-refractivity contribution is -0.137. The van der Waals surface area contributed by atoms with Crippen molar-refractivity contribution in [3.63, 3.8) is 0 Å². The molecule has 148 valence electrons. The first-order valence-corrected chi connectivity index (χ1v) is 10.3. The van der Waals surface area contributed by atoms with E-state index in [4.69, 9.17) is 5.11 Å². The summed E-state index contributed by atoms with van der Waals surface area (Å²) in [5, 5.41) is 10.9. The van der Waals surface area contributed by atoms with Gasteiger partial charge in [0, 0.05) is 0 Å². The molecule has 2 N–H and O–H groups in total. The number of carboxylic acids is 1. The maximum atomic E-state index is 12.6. The van der Waals surface area contributed by atoms with Crippen molar-refractivity contribution >= 4 is 23.6 Å². The van der Waals surface area contributed by atoms with Crippen LogP contribution in [0, 0.1) is 0 Å². The van der Waals surface area contributed by atoms with Gasteiger partial charge in [0.1, 0.15) is 6.54 Å². The van der Waals surface area contributed by atoms with Gasteiger partial charge in [-0.3, -0.25) is 9.59 Å². The van der Waals surface area contributed by atoms with Crippen LogP contribution in [0.2, 0.25) is 0 Å². The number of amides is 1. The minimum absolute atomic E-state index is 0.301. The molecule has 0 aliphatic rings. The molecule has 3 aromatic rings. The van der Waals surface area contributed by atoms with Crippen LogP contribution in [0.4, 0.5) is 0 Å². The van der Waals surface area contributed by atoms with E-state index in [-0.39, 0.29) is 5.91 Å². The van der Waals surface area contributed by atoms with Crippen LogP contribution in [-0.2, 0) is 14.3 Å². The van der Waals surface area contributed by atoms with Gasteiger partial charge in [-0.15, -0.1) is 11.8 Å². The number of hydrogen-bond acceptors (Lipinski definition) is 3. The Labute approximate surface area is 175 Å². The molecule has 0 aliphatic carbocycles. The molecule has 0 fully saturated rings. The fraction of sp³-hybridized carbons (Fsp3) is 0.167. The lowest BCUT2D eigenvalue weighted by Gasteiger charge is -2.37. The molecule has 0 saturated heterocycles. The van der Waals surface area contributed by atoms with Crippen molar-refractivity contribution in [2.24, 2.45) is 0 Å². The fourth-order valence-corrected chi connectivity index (χ4v) is 4.89. The van der Waals surface area contributed by atoms with E-state index < -0.39 is 22.5 Å². The van der Waals surface area contributed by atoms with Crippen LogP contribution < -0.4 is 5.32 Å². The van der Waals surface area contributed by atoms with Gasteiger partial charge >= 0.3 is 5.97 Å². The molecule has 1 unspecified atom stereocenters. The van der Waals surface area contributed by atoms with E-state index in [2.05, 4.69) is 41.7 Å². The minimum Gasteiger partial charge on any atom is -0.480 e. The number of carboxylic acid groups (broad SMARTS) is 1. The predicted octanol–water partition coefficient (Wildman–Crippen LogP) is 4.30. The van der Waals surface area contributed by atoms with E-state index in [9.17, 15) is 9.59 Å². The van der Waals surface area contributed by atoms with Crippen LogP contribution >= 0.6 is 11.8 Å². The average Bonchev–Trinajstić information content (AvgIpc) is 2.77. The molecule has 0 radical (unpaired) electrons. The van der Waals surface area contributed by atoms with Gasteiger partial charge in [0.25, 0.3) is 0 Å². The Bertz CT molecular complexity index is 849. The highest BCUT2D eigenvalue weighted by molar-refractivity contribution is 8.01. The van der Waals surface area contributed by atoms with Crippen LogP contribution in [0.25, 0.3) is 0 Å². The third kappa shape index (κ3) is 4.69. The Kier molecular flexibility index (Phi) is 6.73. The maximum absolute atomic E-state index is 12.6. The van der Waals surface area contributed by atoms with Crippen molar-refractivity contribution in [2.45, 2.75) is 16.9 Å². The standard InChI is InChI=1S/C24H23NO3S/c1-18(23(28)25-17-22(26)27)29-24(19-11-5-2-6-12-19,20-13-7-3-8-14-20)21-15-9-4-10-16-21/h2-16,18H,17H2,1H3,(H,25,28)(H,26,27). The van der Waals surface area contributed by atoms with E-state index in [1.165, 1.54) is 11.8 Å². The summed E-state index contributed by atoms with van der Waals surface area (Å²) in [6, 6.07) is 30.2. The molecule has 0 aromatic heterocycles. The molecule has 1 atom stereocenters. The highest BCUT2D eigenvalue weighted by Gasteiger charge is 2.39. The monoisotopic (exact) mass is 405 g/mol. The van der Waals surface area contributed by atoms with E-state index in [1.807, 2.05) is 61.5 Å². The second-order valence-electron chi connectivity index (χ2n) is 6.65. The second kappa shape index (κ2) is 9.43. The summed E-state index contributed by atoms with van der Waals surface area (Å²) < 4.78 is -0.621. The van der Waals surface area contributed by atoms with Crippen LogP contribution in [0.5, 0.6) is 0 Å². The first kappa shape index (κ1) is 20.7. The number of hydrogen-bond donors (Lipinski definition) is 2. The van der Waals surface area contributed by atoms with Crippen LogP contribution in [0.3, 0.4) is 0 Å². The molecular formula is C24H23NO3S. The van der Waals surface area contributed by atoms with Gasteiger partial charge in [0.15, 0.2) is 0 Å². The molecule has 0 spiro atoms. The predicted molar refractivity (Wildman–Crippen MR) is 117 cm³/mol. The first-order valence-electron chi connectivity index (χ1n) is 9.38. The van der Waals surface area contributed by atoms with Gasteiger partial charge in [0.05, 0.1) is 10.00 Å². The summed E-state index contributed by atoms with van der Waals surface area (Å²) >= 11 is 1.51. The van der Waals surface area contributed by atoms with Crippen molar-refractivity contribution in [2.75, 3.05) is 6.54 Å². The Morgan fingerprint density at radius 3 is 1.55 bits per heavy atom. The molecule has 0 bridgehead atoms. The highest BCUT2D eigenvalue weighted by atomic mass is 32.2. The van der Waals surface area contributed by atoms with Crippen LogP contribution in [0.15, 0.2) is 91.0 Å². The van der Waals surface area contributed by atoms with Crippen LogP contribution in [-0.4, -0.2) is 28.8 Å². The van der Waals surface area contributed by atoms with Gasteiger partial charge in [-0.25, -0.2) is 0 Å². The van der Waals surface area contributed by atoms with Gasteiger partial charge in [-0.05, 0) is 23.6 Å². The van der Waals surface area contributed by atoms with E-state index in [1.54, 1.807) is 0 Å². The number of aliphatic carboxylic acids is 1.